The summed E-state index contributed by atoms with van der Waals surface area (Å²) in [6, 6.07) is 0. The molecule has 0 aromatic rings. The Morgan fingerprint density at radius 3 is 2.20 bits per heavy atom. The number of aliphatic imine (C=N–C) groups is 2. The Kier molecular flexibility index (Phi) is 6.59. The summed E-state index contributed by atoms with van der Waals surface area (Å²) in [7, 11) is 1.77. The third-order valence-electron chi connectivity index (χ3n) is 2.48. The molecule has 2 heteroatoms. The fourth-order valence-corrected chi connectivity index (χ4v) is 1.18. The van der Waals surface area contributed by atoms with Crippen molar-refractivity contribution in [2.75, 3.05) is 7.05 Å². The lowest BCUT2D eigenvalue weighted by molar-refractivity contribution is 1.04. The van der Waals surface area contributed by atoms with Crippen LogP contribution in [0, 0.1) is 0 Å². The van der Waals surface area contributed by atoms with Crippen LogP contribution in [0.1, 0.15) is 41.0 Å². The van der Waals surface area contributed by atoms with Crippen molar-refractivity contribution in [3.05, 3.63) is 22.9 Å². The highest BCUT2D eigenvalue weighted by molar-refractivity contribution is 6.15. The van der Waals surface area contributed by atoms with Crippen molar-refractivity contribution in [1.82, 2.24) is 0 Å². The SMILES string of the molecule is C\C=C(C=NC)/C(C)=N\C(C)=C(\C)CC. The van der Waals surface area contributed by atoms with Gasteiger partial charge in [-0.3, -0.25) is 9.98 Å². The predicted octanol–water partition coefficient (Wildman–Crippen LogP) is 3.80. The zero-order valence-electron chi connectivity index (χ0n) is 10.8. The number of hydrogen-bond acceptors (Lipinski definition) is 2. The van der Waals surface area contributed by atoms with Gasteiger partial charge in [-0.15, -0.1) is 0 Å². The van der Waals surface area contributed by atoms with Crippen LogP contribution in [0.15, 0.2) is 32.9 Å². The molecule has 2 nitrogen and oxygen atoms in total. The first kappa shape index (κ1) is 13.8. The van der Waals surface area contributed by atoms with Gasteiger partial charge >= 0.3 is 0 Å². The number of hydrogen-bond donors (Lipinski definition) is 0. The van der Waals surface area contributed by atoms with E-state index < -0.39 is 0 Å². The lowest BCUT2D eigenvalue weighted by Gasteiger charge is -2.03. The van der Waals surface area contributed by atoms with E-state index in [0.29, 0.717) is 0 Å². The van der Waals surface area contributed by atoms with E-state index in [4.69, 9.17) is 0 Å². The molecule has 0 fully saturated rings. The van der Waals surface area contributed by atoms with Gasteiger partial charge in [0.1, 0.15) is 0 Å². The molecule has 0 atom stereocenters. The van der Waals surface area contributed by atoms with Gasteiger partial charge in [-0.1, -0.05) is 18.6 Å². The van der Waals surface area contributed by atoms with Crippen LogP contribution in [0.3, 0.4) is 0 Å². The first-order chi connectivity index (χ1) is 7.06. The van der Waals surface area contributed by atoms with Gasteiger partial charge in [0.25, 0.3) is 0 Å². The van der Waals surface area contributed by atoms with Crippen LogP contribution in [0.4, 0.5) is 0 Å². The zero-order chi connectivity index (χ0) is 11.8. The summed E-state index contributed by atoms with van der Waals surface area (Å²) in [6.45, 7) is 10.3. The molecular weight excluding hydrogens is 184 g/mol. The van der Waals surface area contributed by atoms with Gasteiger partial charge in [0.15, 0.2) is 0 Å². The third-order valence-corrected chi connectivity index (χ3v) is 2.48. The van der Waals surface area contributed by atoms with Crippen LogP contribution in [-0.2, 0) is 0 Å². The topological polar surface area (TPSA) is 24.7 Å². The van der Waals surface area contributed by atoms with Gasteiger partial charge < -0.3 is 0 Å². The molecule has 0 radical (unpaired) electrons. The molecule has 0 N–H and O–H groups in total. The Balaban J connectivity index is 5.00. The van der Waals surface area contributed by atoms with Gasteiger partial charge in [-0.05, 0) is 34.1 Å². The maximum absolute atomic E-state index is 4.57. The number of rotatable bonds is 4. The van der Waals surface area contributed by atoms with Gasteiger partial charge in [-0.2, -0.15) is 0 Å². The molecule has 0 aliphatic heterocycles. The van der Waals surface area contributed by atoms with Crippen molar-refractivity contribution in [2.45, 2.75) is 41.0 Å². The molecular formula is C13H22N2. The van der Waals surface area contributed by atoms with Crippen LogP contribution in [0.2, 0.25) is 0 Å². The van der Waals surface area contributed by atoms with Crippen molar-refractivity contribution < 1.29 is 0 Å². The smallest absolute Gasteiger partial charge is 0.0460 e. The minimum Gasteiger partial charge on any atom is -0.296 e. The summed E-state index contributed by atoms with van der Waals surface area (Å²) >= 11 is 0. The van der Waals surface area contributed by atoms with E-state index in [2.05, 4.69) is 30.8 Å². The van der Waals surface area contributed by atoms with Crippen molar-refractivity contribution >= 4 is 11.9 Å². The largest absolute Gasteiger partial charge is 0.296 e. The van der Waals surface area contributed by atoms with Crippen molar-refractivity contribution in [2.24, 2.45) is 9.98 Å². The van der Waals surface area contributed by atoms with E-state index >= 15 is 0 Å². The van der Waals surface area contributed by atoms with Crippen LogP contribution < -0.4 is 0 Å². The molecule has 0 aromatic heterocycles. The number of nitrogens with zero attached hydrogens (tertiary/aromatic N) is 2. The molecule has 0 rings (SSSR count). The zero-order valence-corrected chi connectivity index (χ0v) is 10.8. The lowest BCUT2D eigenvalue weighted by atomic mass is 10.1. The van der Waals surface area contributed by atoms with E-state index in [1.165, 1.54) is 5.57 Å². The van der Waals surface area contributed by atoms with Gasteiger partial charge in [-0.25, -0.2) is 0 Å². The maximum atomic E-state index is 4.57. The summed E-state index contributed by atoms with van der Waals surface area (Å²) in [4.78, 5) is 8.58. The number of allylic oxidation sites excluding steroid dienone is 4. The molecule has 0 aliphatic rings. The van der Waals surface area contributed by atoms with Crippen LogP contribution in [-0.4, -0.2) is 19.0 Å². The predicted molar refractivity (Wildman–Crippen MR) is 69.9 cm³/mol. The second-order valence-corrected chi connectivity index (χ2v) is 3.55. The molecule has 15 heavy (non-hydrogen) atoms. The third kappa shape index (κ3) is 4.73. The molecule has 84 valence electrons. The average Bonchev–Trinajstić information content (AvgIpc) is 2.24. The van der Waals surface area contributed by atoms with Crippen LogP contribution >= 0.6 is 0 Å². The highest BCUT2D eigenvalue weighted by Crippen LogP contribution is 2.10. The Labute approximate surface area is 93.5 Å². The van der Waals surface area contributed by atoms with E-state index in [1.54, 1.807) is 7.05 Å². The van der Waals surface area contributed by atoms with E-state index in [1.807, 2.05) is 26.1 Å². The van der Waals surface area contributed by atoms with Crippen molar-refractivity contribution in [3.63, 3.8) is 0 Å². The molecule has 0 saturated carbocycles. The Morgan fingerprint density at radius 2 is 1.80 bits per heavy atom. The van der Waals surface area contributed by atoms with Gasteiger partial charge in [0.2, 0.25) is 0 Å². The molecule has 0 heterocycles. The molecule has 0 saturated heterocycles. The second kappa shape index (κ2) is 7.16. The molecule has 0 aliphatic carbocycles. The van der Waals surface area contributed by atoms with Gasteiger partial charge in [0, 0.05) is 30.2 Å². The van der Waals surface area contributed by atoms with Crippen LogP contribution in [0.25, 0.3) is 0 Å². The summed E-state index contributed by atoms with van der Waals surface area (Å²) in [5.74, 6) is 0. The fourth-order valence-electron chi connectivity index (χ4n) is 1.18. The average molecular weight is 206 g/mol. The van der Waals surface area contributed by atoms with E-state index in [0.717, 1.165) is 23.4 Å². The van der Waals surface area contributed by atoms with Crippen molar-refractivity contribution in [3.8, 4) is 0 Å². The van der Waals surface area contributed by atoms with E-state index in [9.17, 15) is 0 Å². The molecule has 0 bridgehead atoms. The first-order valence-electron chi connectivity index (χ1n) is 5.37. The highest BCUT2D eigenvalue weighted by Gasteiger charge is 1.98. The van der Waals surface area contributed by atoms with Crippen LogP contribution in [0.5, 0.6) is 0 Å². The molecule has 0 aromatic carbocycles. The Hall–Kier alpha value is -1.18. The molecule has 0 unspecified atom stereocenters. The first-order valence-corrected chi connectivity index (χ1v) is 5.37. The highest BCUT2D eigenvalue weighted by atomic mass is 14.8. The van der Waals surface area contributed by atoms with Gasteiger partial charge in [0.05, 0.1) is 0 Å². The molecule has 0 amide bonds. The lowest BCUT2D eigenvalue weighted by Crippen LogP contribution is -1.99. The monoisotopic (exact) mass is 206 g/mol. The minimum absolute atomic E-state index is 1.02. The summed E-state index contributed by atoms with van der Waals surface area (Å²) in [5, 5.41) is 0. The normalized spacial score (nSPS) is 15.9. The summed E-state index contributed by atoms with van der Waals surface area (Å²) in [5.41, 5.74) is 4.55. The summed E-state index contributed by atoms with van der Waals surface area (Å²) in [6.07, 6.45) is 4.92. The Morgan fingerprint density at radius 1 is 1.20 bits per heavy atom. The fraction of sp³-hybridized carbons (Fsp3) is 0.538. The Bertz CT molecular complexity index is 317. The molecule has 0 spiro atoms. The second-order valence-electron chi connectivity index (χ2n) is 3.55. The van der Waals surface area contributed by atoms with Crippen molar-refractivity contribution in [1.29, 1.82) is 0 Å². The minimum atomic E-state index is 1.02. The maximum Gasteiger partial charge on any atom is 0.0460 e. The summed E-state index contributed by atoms with van der Waals surface area (Å²) < 4.78 is 0. The quantitative estimate of drug-likeness (QED) is 0.625. The van der Waals surface area contributed by atoms with E-state index in [-0.39, 0.29) is 0 Å². The standard InChI is InChI=1S/C13H22N2/c1-7-10(3)11(4)15-12(5)13(8-2)9-14-6/h8-9H,7H2,1-6H3/b11-10-,13-8-,14-9?,15-12-.